The molecule has 1 fully saturated rings. The second-order valence-electron chi connectivity index (χ2n) is 4.31. The quantitative estimate of drug-likeness (QED) is 0.788. The van der Waals surface area contributed by atoms with Gasteiger partial charge in [0, 0.05) is 17.9 Å². The normalized spacial score (nSPS) is 17.3. The summed E-state index contributed by atoms with van der Waals surface area (Å²) in [5, 5.41) is 0. The van der Waals surface area contributed by atoms with Crippen LogP contribution >= 0.6 is 0 Å². The van der Waals surface area contributed by atoms with Crippen molar-refractivity contribution in [2.24, 2.45) is 5.73 Å². The SMILES string of the molecule is NC1(c2ccccc2-n2cc[nH]c2=O)CC1. The predicted octanol–water partition coefficient (Wildman–Crippen LogP) is 1.11. The first-order chi connectivity index (χ1) is 7.71. The van der Waals surface area contributed by atoms with Gasteiger partial charge >= 0.3 is 5.69 Å². The zero-order valence-corrected chi connectivity index (χ0v) is 8.81. The Bertz CT molecular complexity index is 578. The molecule has 1 heterocycles. The topological polar surface area (TPSA) is 63.8 Å². The lowest BCUT2D eigenvalue weighted by Gasteiger charge is -2.14. The van der Waals surface area contributed by atoms with Crippen molar-refractivity contribution in [1.29, 1.82) is 0 Å². The van der Waals surface area contributed by atoms with Crippen LogP contribution in [0.25, 0.3) is 5.69 Å². The molecule has 0 aliphatic heterocycles. The molecule has 0 bridgehead atoms. The van der Waals surface area contributed by atoms with E-state index in [1.165, 1.54) is 0 Å². The molecule has 0 radical (unpaired) electrons. The van der Waals surface area contributed by atoms with Gasteiger partial charge in [-0.25, -0.2) is 4.79 Å². The molecule has 0 spiro atoms. The third kappa shape index (κ3) is 1.31. The van der Waals surface area contributed by atoms with Crippen LogP contribution in [0.3, 0.4) is 0 Å². The molecule has 2 aromatic rings. The van der Waals surface area contributed by atoms with E-state index >= 15 is 0 Å². The lowest BCUT2D eigenvalue weighted by molar-refractivity contribution is 0.728. The third-order valence-electron chi connectivity index (χ3n) is 3.14. The van der Waals surface area contributed by atoms with E-state index in [0.29, 0.717) is 0 Å². The lowest BCUT2D eigenvalue weighted by atomic mass is 10.0. The summed E-state index contributed by atoms with van der Waals surface area (Å²) in [5.41, 5.74) is 7.78. The van der Waals surface area contributed by atoms with Crippen LogP contribution in [0.2, 0.25) is 0 Å². The highest BCUT2D eigenvalue weighted by Crippen LogP contribution is 2.44. The highest BCUT2D eigenvalue weighted by molar-refractivity contribution is 5.47. The average Bonchev–Trinajstić information content (AvgIpc) is 2.89. The highest BCUT2D eigenvalue weighted by Gasteiger charge is 2.41. The molecule has 1 aromatic carbocycles. The number of benzene rings is 1. The first-order valence-corrected chi connectivity index (χ1v) is 5.35. The van der Waals surface area contributed by atoms with Gasteiger partial charge in [-0.05, 0) is 24.5 Å². The van der Waals surface area contributed by atoms with E-state index < -0.39 is 0 Å². The van der Waals surface area contributed by atoms with Gasteiger partial charge < -0.3 is 10.7 Å². The average molecular weight is 215 g/mol. The molecule has 1 aliphatic rings. The fraction of sp³-hybridized carbons (Fsp3) is 0.250. The van der Waals surface area contributed by atoms with Crippen LogP contribution in [0.4, 0.5) is 0 Å². The van der Waals surface area contributed by atoms with Crippen LogP contribution in [0.15, 0.2) is 41.5 Å². The molecule has 1 saturated carbocycles. The molecule has 82 valence electrons. The fourth-order valence-electron chi connectivity index (χ4n) is 2.02. The maximum absolute atomic E-state index is 11.6. The summed E-state index contributed by atoms with van der Waals surface area (Å²) in [4.78, 5) is 14.2. The number of para-hydroxylation sites is 1. The molecule has 1 aromatic heterocycles. The fourth-order valence-corrected chi connectivity index (χ4v) is 2.02. The van der Waals surface area contributed by atoms with Gasteiger partial charge in [-0.15, -0.1) is 0 Å². The van der Waals surface area contributed by atoms with E-state index in [1.54, 1.807) is 17.0 Å². The van der Waals surface area contributed by atoms with Gasteiger partial charge in [-0.3, -0.25) is 4.57 Å². The largest absolute Gasteiger partial charge is 0.330 e. The maximum Gasteiger partial charge on any atom is 0.330 e. The summed E-state index contributed by atoms with van der Waals surface area (Å²) in [6.45, 7) is 0. The van der Waals surface area contributed by atoms with E-state index in [9.17, 15) is 4.79 Å². The van der Waals surface area contributed by atoms with Gasteiger partial charge in [0.05, 0.1) is 5.69 Å². The second-order valence-corrected chi connectivity index (χ2v) is 4.31. The molecule has 0 atom stereocenters. The van der Waals surface area contributed by atoms with Gasteiger partial charge in [0.1, 0.15) is 0 Å². The van der Waals surface area contributed by atoms with Crippen LogP contribution in [0, 0.1) is 0 Å². The molecule has 4 nitrogen and oxygen atoms in total. The van der Waals surface area contributed by atoms with Gasteiger partial charge in [-0.2, -0.15) is 0 Å². The van der Waals surface area contributed by atoms with Crippen LogP contribution < -0.4 is 11.4 Å². The third-order valence-corrected chi connectivity index (χ3v) is 3.14. The van der Waals surface area contributed by atoms with Crippen molar-refractivity contribution < 1.29 is 0 Å². The van der Waals surface area contributed by atoms with Crippen molar-refractivity contribution in [2.45, 2.75) is 18.4 Å². The molecule has 4 heteroatoms. The molecule has 3 N–H and O–H groups in total. The van der Waals surface area contributed by atoms with Gasteiger partial charge in [0.25, 0.3) is 0 Å². The maximum atomic E-state index is 11.6. The summed E-state index contributed by atoms with van der Waals surface area (Å²) >= 11 is 0. The molecular weight excluding hydrogens is 202 g/mol. The molecule has 16 heavy (non-hydrogen) atoms. The molecule has 0 unspecified atom stereocenters. The summed E-state index contributed by atoms with van der Waals surface area (Å²) < 4.78 is 1.60. The summed E-state index contributed by atoms with van der Waals surface area (Å²) in [6.07, 6.45) is 5.34. The van der Waals surface area contributed by atoms with E-state index in [-0.39, 0.29) is 11.2 Å². The summed E-state index contributed by atoms with van der Waals surface area (Å²) in [7, 11) is 0. The molecular formula is C12H13N3O. The highest BCUT2D eigenvalue weighted by atomic mass is 16.1. The standard InChI is InChI=1S/C12H13N3O/c13-12(5-6-12)9-3-1-2-4-10(9)15-8-7-14-11(15)16/h1-4,7-8H,5-6,13H2,(H,14,16). The van der Waals surface area contributed by atoms with Gasteiger partial charge in [0.15, 0.2) is 0 Å². The van der Waals surface area contributed by atoms with Gasteiger partial charge in [-0.1, -0.05) is 18.2 Å². The van der Waals surface area contributed by atoms with Crippen molar-refractivity contribution in [3.05, 3.63) is 52.7 Å². The van der Waals surface area contributed by atoms with Crippen molar-refractivity contribution in [3.8, 4) is 5.69 Å². The zero-order valence-electron chi connectivity index (χ0n) is 8.81. The van der Waals surface area contributed by atoms with E-state index in [1.807, 2.05) is 24.3 Å². The number of imidazole rings is 1. The van der Waals surface area contributed by atoms with Crippen LogP contribution in [-0.2, 0) is 5.54 Å². The Balaban J connectivity index is 2.21. The van der Waals surface area contributed by atoms with Crippen molar-refractivity contribution in [2.75, 3.05) is 0 Å². The number of hydrogen-bond acceptors (Lipinski definition) is 2. The Hall–Kier alpha value is -1.81. The minimum Gasteiger partial charge on any atom is -0.321 e. The number of nitrogens with one attached hydrogen (secondary N) is 1. The predicted molar refractivity (Wildman–Crippen MR) is 61.5 cm³/mol. The van der Waals surface area contributed by atoms with Crippen LogP contribution in [0.1, 0.15) is 18.4 Å². The summed E-state index contributed by atoms with van der Waals surface area (Å²) in [5.74, 6) is 0. The van der Waals surface area contributed by atoms with Crippen molar-refractivity contribution in [1.82, 2.24) is 9.55 Å². The number of hydrogen-bond donors (Lipinski definition) is 2. The Kier molecular flexibility index (Phi) is 1.82. The Morgan fingerprint density at radius 2 is 2.06 bits per heavy atom. The molecule has 1 aliphatic carbocycles. The minimum atomic E-state index is -0.229. The number of aromatic nitrogens is 2. The minimum absolute atomic E-state index is 0.128. The van der Waals surface area contributed by atoms with E-state index in [2.05, 4.69) is 4.98 Å². The number of rotatable bonds is 2. The number of H-pyrrole nitrogens is 1. The van der Waals surface area contributed by atoms with E-state index in [0.717, 1.165) is 24.1 Å². The van der Waals surface area contributed by atoms with Gasteiger partial charge in [0.2, 0.25) is 0 Å². The molecule has 3 rings (SSSR count). The van der Waals surface area contributed by atoms with E-state index in [4.69, 9.17) is 5.73 Å². The second kappa shape index (κ2) is 3.09. The number of nitrogens with zero attached hydrogens (tertiary/aromatic N) is 1. The smallest absolute Gasteiger partial charge is 0.321 e. The van der Waals surface area contributed by atoms with Crippen LogP contribution in [0.5, 0.6) is 0 Å². The Labute approximate surface area is 92.7 Å². The summed E-state index contributed by atoms with van der Waals surface area (Å²) in [6, 6.07) is 7.81. The number of aromatic amines is 1. The first-order valence-electron chi connectivity index (χ1n) is 5.35. The Morgan fingerprint density at radius 3 is 2.69 bits per heavy atom. The molecule has 0 saturated heterocycles. The monoisotopic (exact) mass is 215 g/mol. The van der Waals surface area contributed by atoms with Crippen LogP contribution in [-0.4, -0.2) is 9.55 Å². The lowest BCUT2D eigenvalue weighted by Crippen LogP contribution is -2.24. The van der Waals surface area contributed by atoms with Crippen molar-refractivity contribution in [3.63, 3.8) is 0 Å². The number of nitrogens with two attached hydrogens (primary N) is 1. The Morgan fingerprint density at radius 1 is 1.31 bits per heavy atom. The molecule has 0 amide bonds. The zero-order chi connectivity index (χ0) is 11.2. The van der Waals surface area contributed by atoms with Crippen molar-refractivity contribution >= 4 is 0 Å². The first kappa shape index (κ1) is 9.42.